The van der Waals surface area contributed by atoms with Crippen molar-refractivity contribution in [3.63, 3.8) is 0 Å². The van der Waals surface area contributed by atoms with Crippen LogP contribution in [0.5, 0.6) is 0 Å². The number of carboxylic acid groups (broad SMARTS) is 2. The first-order valence-corrected chi connectivity index (χ1v) is 3.68. The summed E-state index contributed by atoms with van der Waals surface area (Å²) in [5.41, 5.74) is -0.0372. The summed E-state index contributed by atoms with van der Waals surface area (Å²) in [5, 5.41) is 17.0. The molecule has 0 radical (unpaired) electrons. The number of benzene rings is 1. The van der Waals surface area contributed by atoms with Gasteiger partial charge in [0.1, 0.15) is 0 Å². The molecule has 4 nitrogen and oxygen atoms in total. The third-order valence-electron chi connectivity index (χ3n) is 1.36. The van der Waals surface area contributed by atoms with Crippen LogP contribution in [0.25, 0.3) is 0 Å². The van der Waals surface area contributed by atoms with Crippen LogP contribution >= 0.6 is 0 Å². The number of carbonyl (C=O) groups is 2. The number of carboxylic acids is 2. The Hall–Kier alpha value is -1.10. The molecule has 0 aromatic heterocycles. The Labute approximate surface area is 111 Å². The fourth-order valence-electron chi connectivity index (χ4n) is 0.785. The van der Waals surface area contributed by atoms with Crippen molar-refractivity contribution in [2.45, 2.75) is 0 Å². The van der Waals surface area contributed by atoms with Gasteiger partial charge in [0.2, 0.25) is 0 Å². The molecule has 1 rings (SSSR count). The van der Waals surface area contributed by atoms with E-state index >= 15 is 0 Å². The molecule has 0 aliphatic rings. The fraction of sp³-hybridized carbons (Fsp3) is 0. The largest absolute Gasteiger partial charge is 1.00 e. The molecule has 0 atom stereocenters. The van der Waals surface area contributed by atoms with E-state index in [4.69, 9.17) is 10.2 Å². The fourth-order valence-corrected chi connectivity index (χ4v) is 0.785. The summed E-state index contributed by atoms with van der Waals surface area (Å²) in [6.45, 7) is 6.00. The van der Waals surface area contributed by atoms with Gasteiger partial charge >= 0.3 is 41.5 Å². The van der Waals surface area contributed by atoms with Crippen molar-refractivity contribution in [1.82, 2.24) is 0 Å². The SMILES string of the molecule is C=C.O=C(O)c1cccc(C(=O)O)c1.[H-].[Na+]. The Balaban J connectivity index is -0.000000399. The zero-order valence-corrected chi connectivity index (χ0v) is 10.4. The molecule has 5 heteroatoms. The van der Waals surface area contributed by atoms with Gasteiger partial charge in [-0.3, -0.25) is 0 Å². The van der Waals surface area contributed by atoms with E-state index < -0.39 is 11.9 Å². The van der Waals surface area contributed by atoms with Gasteiger partial charge in [-0.15, -0.1) is 13.2 Å². The normalized spacial score (nSPS) is 7.73. The topological polar surface area (TPSA) is 74.6 Å². The molecule has 1 aromatic carbocycles. The maximum Gasteiger partial charge on any atom is 1.00 e. The van der Waals surface area contributed by atoms with Gasteiger partial charge in [0.15, 0.2) is 0 Å². The van der Waals surface area contributed by atoms with Gasteiger partial charge in [-0.25, -0.2) is 9.59 Å². The third kappa shape index (κ3) is 5.37. The second kappa shape index (κ2) is 8.23. The molecular formula is C10H11NaO4. The molecule has 0 amide bonds. The van der Waals surface area contributed by atoms with Crippen LogP contribution < -0.4 is 29.6 Å². The van der Waals surface area contributed by atoms with E-state index in [0.717, 1.165) is 6.07 Å². The molecule has 0 unspecified atom stereocenters. The van der Waals surface area contributed by atoms with Crippen LogP contribution in [0, 0.1) is 0 Å². The molecule has 1 aromatic rings. The van der Waals surface area contributed by atoms with Crippen molar-refractivity contribution < 1.29 is 50.8 Å². The van der Waals surface area contributed by atoms with Gasteiger partial charge in [-0.05, 0) is 18.2 Å². The molecular weight excluding hydrogens is 207 g/mol. The van der Waals surface area contributed by atoms with Crippen molar-refractivity contribution in [1.29, 1.82) is 0 Å². The number of aromatic carboxylic acids is 2. The number of rotatable bonds is 2. The van der Waals surface area contributed by atoms with E-state index in [9.17, 15) is 9.59 Å². The van der Waals surface area contributed by atoms with Crippen molar-refractivity contribution in [2.75, 3.05) is 0 Å². The maximum atomic E-state index is 10.4. The Morgan fingerprint density at radius 2 is 1.40 bits per heavy atom. The summed E-state index contributed by atoms with van der Waals surface area (Å²) in [7, 11) is 0. The molecule has 0 spiro atoms. The predicted octanol–water partition coefficient (Wildman–Crippen LogP) is -0.998. The van der Waals surface area contributed by atoms with E-state index in [2.05, 4.69) is 13.2 Å². The molecule has 0 fully saturated rings. The summed E-state index contributed by atoms with van der Waals surface area (Å²) < 4.78 is 0. The summed E-state index contributed by atoms with van der Waals surface area (Å²) in [6.07, 6.45) is 0. The van der Waals surface area contributed by atoms with Crippen LogP contribution in [0.2, 0.25) is 0 Å². The number of hydrogen-bond donors (Lipinski definition) is 2. The van der Waals surface area contributed by atoms with Crippen LogP contribution in [0.4, 0.5) is 0 Å². The third-order valence-corrected chi connectivity index (χ3v) is 1.36. The average Bonchev–Trinajstić information content (AvgIpc) is 2.21. The van der Waals surface area contributed by atoms with Crippen molar-refractivity contribution >= 4 is 11.9 Å². The van der Waals surface area contributed by atoms with Gasteiger partial charge in [0.25, 0.3) is 0 Å². The smallest absolute Gasteiger partial charge is 1.00 e. The van der Waals surface area contributed by atoms with Crippen LogP contribution in [0.1, 0.15) is 22.1 Å². The van der Waals surface area contributed by atoms with Gasteiger partial charge in [-0.1, -0.05) is 6.07 Å². The first-order chi connectivity index (χ1) is 6.61. The molecule has 15 heavy (non-hydrogen) atoms. The quantitative estimate of drug-likeness (QED) is 0.493. The second-order valence-corrected chi connectivity index (χ2v) is 2.19. The van der Waals surface area contributed by atoms with Crippen molar-refractivity contribution in [3.8, 4) is 0 Å². The standard InChI is InChI=1S/C8H6O4.C2H4.Na.H/c9-7(10)5-2-1-3-6(4-5)8(11)12;1-2;;/h1-4H,(H,9,10)(H,11,12);1-2H2;;/q;;+1;-1. The minimum atomic E-state index is -1.13. The Bertz CT molecular complexity index is 325. The summed E-state index contributed by atoms with van der Waals surface area (Å²) in [4.78, 5) is 20.8. The van der Waals surface area contributed by atoms with Crippen molar-refractivity contribution in [3.05, 3.63) is 48.6 Å². The zero-order chi connectivity index (χ0) is 11.1. The summed E-state index contributed by atoms with van der Waals surface area (Å²) >= 11 is 0. The van der Waals surface area contributed by atoms with Gasteiger partial charge in [0, 0.05) is 0 Å². The van der Waals surface area contributed by atoms with E-state index in [1.165, 1.54) is 18.2 Å². The summed E-state index contributed by atoms with van der Waals surface area (Å²) in [6, 6.07) is 5.20. The van der Waals surface area contributed by atoms with Crippen LogP contribution in [-0.2, 0) is 0 Å². The Kier molecular flexibility index (Phi) is 8.96. The van der Waals surface area contributed by atoms with E-state index in [1.54, 1.807) is 0 Å². The average molecular weight is 218 g/mol. The maximum absolute atomic E-state index is 10.4. The molecule has 0 bridgehead atoms. The molecule has 0 aliphatic carbocycles. The van der Waals surface area contributed by atoms with Gasteiger partial charge in [0.05, 0.1) is 11.1 Å². The predicted molar refractivity (Wildman–Crippen MR) is 52.7 cm³/mol. The monoisotopic (exact) mass is 218 g/mol. The first-order valence-electron chi connectivity index (χ1n) is 3.68. The molecule has 2 N–H and O–H groups in total. The van der Waals surface area contributed by atoms with Crippen LogP contribution in [0.15, 0.2) is 37.4 Å². The first kappa shape index (κ1) is 16.3. The van der Waals surface area contributed by atoms with Gasteiger partial charge in [-0.2, -0.15) is 0 Å². The van der Waals surface area contributed by atoms with Crippen LogP contribution in [0.3, 0.4) is 0 Å². The zero-order valence-electron chi connectivity index (χ0n) is 9.43. The molecule has 76 valence electrons. The summed E-state index contributed by atoms with van der Waals surface area (Å²) in [5.74, 6) is -2.25. The van der Waals surface area contributed by atoms with Crippen molar-refractivity contribution in [2.24, 2.45) is 0 Å². The number of hydrogen-bond acceptors (Lipinski definition) is 2. The molecule has 0 saturated carbocycles. The minimum absolute atomic E-state index is 0. The van der Waals surface area contributed by atoms with Crippen LogP contribution in [-0.4, -0.2) is 22.2 Å². The van der Waals surface area contributed by atoms with E-state index in [1.807, 2.05) is 0 Å². The molecule has 0 aliphatic heterocycles. The minimum Gasteiger partial charge on any atom is -1.00 e. The molecule has 0 heterocycles. The Morgan fingerprint density at radius 1 is 1.07 bits per heavy atom. The Morgan fingerprint density at radius 3 is 1.67 bits per heavy atom. The van der Waals surface area contributed by atoms with E-state index in [0.29, 0.717) is 0 Å². The van der Waals surface area contributed by atoms with E-state index in [-0.39, 0.29) is 42.1 Å². The molecule has 0 saturated heterocycles. The van der Waals surface area contributed by atoms with Gasteiger partial charge < -0.3 is 11.6 Å². The second-order valence-electron chi connectivity index (χ2n) is 2.19.